The van der Waals surface area contributed by atoms with Gasteiger partial charge in [0.2, 0.25) is 5.78 Å². The van der Waals surface area contributed by atoms with E-state index in [-0.39, 0.29) is 10.7 Å². The first-order chi connectivity index (χ1) is 20.2. The third-order valence-electron chi connectivity index (χ3n) is 7.37. The van der Waals surface area contributed by atoms with Crippen molar-refractivity contribution >= 4 is 30.3 Å². The second kappa shape index (κ2) is 12.0. The number of carbonyl (C=O) groups is 2. The quantitative estimate of drug-likeness (QED) is 0.111. The Hall–Kier alpha value is -4.81. The zero-order valence-electron chi connectivity index (χ0n) is 24.2. The van der Waals surface area contributed by atoms with Crippen LogP contribution in [0.15, 0.2) is 128 Å². The van der Waals surface area contributed by atoms with Crippen molar-refractivity contribution in [3.05, 3.63) is 139 Å². The molecule has 0 aliphatic heterocycles. The van der Waals surface area contributed by atoms with E-state index in [2.05, 4.69) is 74.3 Å². The minimum absolute atomic E-state index is 0.121. The Labute approximate surface area is 247 Å². The minimum Gasteiger partial charge on any atom is -0.534 e. The van der Waals surface area contributed by atoms with E-state index in [1.165, 1.54) is 6.20 Å². The maximum Gasteiger partial charge on any atom is 0.319 e. The van der Waals surface area contributed by atoms with Crippen LogP contribution in [0.5, 0.6) is 11.5 Å². The summed E-state index contributed by atoms with van der Waals surface area (Å²) >= 11 is 0. The number of aromatic nitrogens is 1. The van der Waals surface area contributed by atoms with Crippen molar-refractivity contribution in [2.24, 2.45) is 0 Å². The normalized spacial score (nSPS) is 11.5. The van der Waals surface area contributed by atoms with E-state index < -0.39 is 19.9 Å². The molecule has 0 N–H and O–H groups in total. The summed E-state index contributed by atoms with van der Waals surface area (Å²) in [4.78, 5) is 30.0. The van der Waals surface area contributed by atoms with Crippen LogP contribution in [0.25, 0.3) is 11.1 Å². The van der Waals surface area contributed by atoms with Gasteiger partial charge in [0.15, 0.2) is 0 Å². The van der Waals surface area contributed by atoms with E-state index in [0.29, 0.717) is 17.1 Å². The van der Waals surface area contributed by atoms with E-state index >= 15 is 0 Å². The van der Waals surface area contributed by atoms with Crippen LogP contribution >= 0.6 is 0 Å². The number of pyridine rings is 1. The van der Waals surface area contributed by atoms with Crippen molar-refractivity contribution in [2.45, 2.75) is 25.8 Å². The first-order valence-corrected chi connectivity index (χ1v) is 15.7. The molecule has 5 aromatic rings. The Morgan fingerprint density at radius 1 is 0.643 bits per heavy atom. The van der Waals surface area contributed by atoms with Gasteiger partial charge in [0.1, 0.15) is 17.2 Å². The molecule has 4 aromatic carbocycles. The average Bonchev–Trinajstić information content (AvgIpc) is 3.03. The Kier molecular flexibility index (Phi) is 8.18. The smallest absolute Gasteiger partial charge is 0.319 e. The highest BCUT2D eigenvalue weighted by Gasteiger charge is 2.52. The van der Waals surface area contributed by atoms with Crippen molar-refractivity contribution in [3.63, 3.8) is 0 Å². The first kappa shape index (κ1) is 28.7. The van der Waals surface area contributed by atoms with Gasteiger partial charge in [-0.2, -0.15) is 0 Å². The molecule has 0 amide bonds. The van der Waals surface area contributed by atoms with Gasteiger partial charge in [-0.25, -0.2) is 0 Å². The van der Waals surface area contributed by atoms with E-state index in [1.807, 2.05) is 36.4 Å². The molecule has 0 bridgehead atoms. The first-order valence-electron chi connectivity index (χ1n) is 13.8. The Bertz CT molecular complexity index is 1660. The highest BCUT2D eigenvalue weighted by molar-refractivity contribution is 7.00. The molecule has 0 saturated carbocycles. The number of carbonyl (C=O) groups excluding carboxylic acids is 2. The number of methoxy groups -OCH3 is 1. The van der Waals surface area contributed by atoms with Crippen LogP contribution in [-0.2, 0) is 0 Å². The van der Waals surface area contributed by atoms with Gasteiger partial charge in [-0.3, -0.25) is 14.6 Å². The van der Waals surface area contributed by atoms with E-state index in [1.54, 1.807) is 43.5 Å². The molecule has 0 unspecified atom stereocenters. The molecule has 0 aliphatic rings. The maximum absolute atomic E-state index is 13.1. The number of Topliss-reactive ketones (excluding diaryl/α,β-unsaturated/α-hetero) is 2. The van der Waals surface area contributed by atoms with Gasteiger partial charge in [-0.15, -0.1) is 0 Å². The lowest BCUT2D eigenvalue weighted by molar-refractivity contribution is 0.0814. The van der Waals surface area contributed by atoms with Gasteiger partial charge in [0, 0.05) is 17.8 Å². The highest BCUT2D eigenvalue weighted by Crippen LogP contribution is 2.39. The number of benzene rings is 4. The van der Waals surface area contributed by atoms with Gasteiger partial charge in [-0.1, -0.05) is 106 Å². The Morgan fingerprint density at radius 3 is 1.83 bits per heavy atom. The maximum atomic E-state index is 13.1. The summed E-state index contributed by atoms with van der Waals surface area (Å²) in [5, 5.41) is 2.10. The molecule has 0 radical (unpaired) electrons. The molecule has 5 rings (SSSR count). The van der Waals surface area contributed by atoms with Crippen LogP contribution in [-0.4, -0.2) is 32.0 Å². The molecule has 1 heterocycles. The van der Waals surface area contributed by atoms with Gasteiger partial charge in [0.25, 0.3) is 5.78 Å². The van der Waals surface area contributed by atoms with Crippen molar-refractivity contribution in [3.8, 4) is 22.6 Å². The average molecular weight is 572 g/mol. The van der Waals surface area contributed by atoms with Gasteiger partial charge >= 0.3 is 8.32 Å². The molecule has 0 fully saturated rings. The number of hydrogen-bond acceptors (Lipinski definition) is 5. The van der Waals surface area contributed by atoms with Crippen LogP contribution in [0.3, 0.4) is 0 Å². The van der Waals surface area contributed by atoms with Crippen LogP contribution in [0.2, 0.25) is 5.04 Å². The van der Waals surface area contributed by atoms with Crippen molar-refractivity contribution in [1.29, 1.82) is 0 Å². The van der Waals surface area contributed by atoms with E-state index in [0.717, 1.165) is 21.5 Å². The number of ether oxygens (including phenoxy) is 1. The van der Waals surface area contributed by atoms with Crippen molar-refractivity contribution < 1.29 is 18.8 Å². The van der Waals surface area contributed by atoms with Gasteiger partial charge in [-0.05, 0) is 56.9 Å². The predicted octanol–water partition coefficient (Wildman–Crippen LogP) is 6.76. The lowest BCUT2D eigenvalue weighted by atomic mass is 9.98. The Balaban J connectivity index is 1.60. The summed E-state index contributed by atoms with van der Waals surface area (Å²) in [6, 6.07) is 38.7. The Morgan fingerprint density at radius 2 is 1.26 bits per heavy atom. The summed E-state index contributed by atoms with van der Waals surface area (Å²) in [5.74, 6) is 0.0398. The zero-order valence-corrected chi connectivity index (χ0v) is 25.2. The van der Waals surface area contributed by atoms with Crippen LogP contribution < -0.4 is 19.5 Å². The minimum atomic E-state index is -2.89. The van der Waals surface area contributed by atoms with Gasteiger partial charge < -0.3 is 9.16 Å². The lowest BCUT2D eigenvalue weighted by Crippen LogP contribution is -2.68. The molecule has 0 atom stereocenters. The number of rotatable bonds is 9. The van der Waals surface area contributed by atoms with Gasteiger partial charge in [0.05, 0.1) is 7.11 Å². The summed E-state index contributed by atoms with van der Waals surface area (Å²) in [5.41, 5.74) is 1.98. The lowest BCUT2D eigenvalue weighted by Gasteiger charge is -2.43. The fraction of sp³-hybridized carbons (Fsp3) is 0.139. The summed E-state index contributed by atoms with van der Waals surface area (Å²) < 4.78 is 13.0. The van der Waals surface area contributed by atoms with Crippen LogP contribution in [0.4, 0.5) is 0 Å². The monoisotopic (exact) mass is 571 g/mol. The van der Waals surface area contributed by atoms with E-state index in [4.69, 9.17) is 9.16 Å². The number of ketones is 2. The summed E-state index contributed by atoms with van der Waals surface area (Å²) in [7, 11) is -1.27. The molecule has 6 heteroatoms. The summed E-state index contributed by atoms with van der Waals surface area (Å²) in [6.45, 7) is 6.69. The molecular weight excluding hydrogens is 538 g/mol. The van der Waals surface area contributed by atoms with Crippen molar-refractivity contribution in [2.75, 3.05) is 7.11 Å². The molecule has 42 heavy (non-hydrogen) atoms. The van der Waals surface area contributed by atoms with Crippen LogP contribution in [0, 0.1) is 0 Å². The third kappa shape index (κ3) is 5.67. The molecule has 1 aromatic heterocycles. The SMILES string of the molecule is COc1cc(O[Si](c2ccccc2)(c2ccccc2)C(C)(C)C)cc(-c2cccc(C(=O)C(=O)c3ccccn3)c2)c1. The molecule has 0 aliphatic carbocycles. The summed E-state index contributed by atoms with van der Waals surface area (Å²) in [6.07, 6.45) is 1.50. The fourth-order valence-electron chi connectivity index (χ4n) is 5.33. The topological polar surface area (TPSA) is 65.5 Å². The molecule has 5 nitrogen and oxygen atoms in total. The number of nitrogens with zero attached hydrogens (tertiary/aromatic N) is 1. The number of hydrogen-bond donors (Lipinski definition) is 0. The predicted molar refractivity (Wildman–Crippen MR) is 170 cm³/mol. The molecule has 0 spiro atoms. The standard InChI is InChI=1S/C36H33NO4Si/c1-36(2,3)42(31-16-7-5-8-17-31,32-18-9-6-10-19-32)41-30-24-28(23-29(25-30)40-4)26-14-13-15-27(22-26)34(38)35(39)33-20-11-12-21-37-33/h5-25H,1-4H3. The molecule has 210 valence electrons. The molecular formula is C36H33NO4Si. The van der Waals surface area contributed by atoms with Crippen molar-refractivity contribution in [1.82, 2.24) is 4.98 Å². The zero-order chi connectivity index (χ0) is 29.7. The highest BCUT2D eigenvalue weighted by atomic mass is 28.4. The molecule has 0 saturated heterocycles. The largest absolute Gasteiger partial charge is 0.534 e. The third-order valence-corrected chi connectivity index (χ3v) is 12.3. The second-order valence-corrected chi connectivity index (χ2v) is 15.3. The van der Waals surface area contributed by atoms with E-state index in [9.17, 15) is 9.59 Å². The van der Waals surface area contributed by atoms with Crippen LogP contribution in [0.1, 0.15) is 41.6 Å². The fourth-order valence-corrected chi connectivity index (χ4v) is 9.73. The second-order valence-electron chi connectivity index (χ2n) is 11.1.